The number of ether oxygens (including phenoxy) is 1. The molecule has 0 bridgehead atoms. The van der Waals surface area contributed by atoms with Crippen LogP contribution >= 0.6 is 11.6 Å². The molecule has 1 atom stereocenters. The Morgan fingerprint density at radius 2 is 1.68 bits per heavy atom. The van der Waals surface area contributed by atoms with E-state index in [1.165, 1.54) is 30.2 Å². The number of para-hydroxylation sites is 1. The van der Waals surface area contributed by atoms with Crippen LogP contribution in [0.5, 0.6) is 5.75 Å². The highest BCUT2D eigenvalue weighted by atomic mass is 35.5. The van der Waals surface area contributed by atoms with Crippen LogP contribution in [0.2, 0.25) is 5.02 Å². The summed E-state index contributed by atoms with van der Waals surface area (Å²) in [5.41, 5.74) is 0.882. The normalized spacial score (nSPS) is 11.9. The van der Waals surface area contributed by atoms with Gasteiger partial charge in [-0.3, -0.25) is 13.9 Å². The standard InChI is InChI=1S/C27H30ClN3O5S/c1-4-29-27(33)20(2)30(18-21-11-10-12-22(17-21)36-3)26(32)19-31(25-16-9-8-15-24(25)28)37(34,35)23-13-6-5-7-14-23/h5-17,20H,4,18-19H2,1-3H3,(H,29,33)/t20-/m1/s1. The fraction of sp³-hybridized carbons (Fsp3) is 0.259. The van der Waals surface area contributed by atoms with E-state index >= 15 is 0 Å². The molecule has 0 aliphatic carbocycles. The van der Waals surface area contributed by atoms with E-state index in [0.29, 0.717) is 12.3 Å². The molecule has 0 radical (unpaired) electrons. The number of anilines is 1. The maximum atomic E-state index is 13.8. The van der Waals surface area contributed by atoms with Gasteiger partial charge in [-0.1, -0.05) is 54.1 Å². The molecule has 0 aliphatic rings. The summed E-state index contributed by atoms with van der Waals surface area (Å²) in [5.74, 6) is -0.324. The van der Waals surface area contributed by atoms with Crippen LogP contribution in [0.1, 0.15) is 19.4 Å². The maximum absolute atomic E-state index is 13.8. The maximum Gasteiger partial charge on any atom is 0.264 e. The Hall–Kier alpha value is -3.56. The number of benzene rings is 3. The zero-order chi connectivity index (χ0) is 27.0. The molecular weight excluding hydrogens is 514 g/mol. The molecule has 1 N–H and O–H groups in total. The molecule has 8 nitrogen and oxygen atoms in total. The van der Waals surface area contributed by atoms with Crippen molar-refractivity contribution in [2.45, 2.75) is 31.3 Å². The summed E-state index contributed by atoms with van der Waals surface area (Å²) < 4.78 is 33.7. The molecule has 0 heterocycles. The van der Waals surface area contributed by atoms with E-state index < -0.39 is 28.5 Å². The zero-order valence-corrected chi connectivity index (χ0v) is 22.5. The lowest BCUT2D eigenvalue weighted by Crippen LogP contribution is -2.51. The van der Waals surface area contributed by atoms with Gasteiger partial charge in [-0.05, 0) is 55.8 Å². The van der Waals surface area contributed by atoms with Crippen molar-refractivity contribution in [1.82, 2.24) is 10.2 Å². The molecule has 37 heavy (non-hydrogen) atoms. The number of methoxy groups -OCH3 is 1. The van der Waals surface area contributed by atoms with Crippen molar-refractivity contribution >= 4 is 39.1 Å². The first kappa shape index (κ1) is 28.0. The second kappa shape index (κ2) is 12.6. The number of nitrogens with one attached hydrogen (secondary N) is 1. The third kappa shape index (κ3) is 6.81. The molecule has 0 unspecified atom stereocenters. The lowest BCUT2D eigenvalue weighted by Gasteiger charge is -2.32. The molecular formula is C27H30ClN3O5S. The van der Waals surface area contributed by atoms with Crippen molar-refractivity contribution in [3.05, 3.63) is 89.4 Å². The van der Waals surface area contributed by atoms with E-state index in [0.717, 1.165) is 9.87 Å². The van der Waals surface area contributed by atoms with Crippen LogP contribution in [-0.4, -0.2) is 51.4 Å². The summed E-state index contributed by atoms with van der Waals surface area (Å²) in [7, 11) is -2.63. The molecule has 0 aliphatic heterocycles. The smallest absolute Gasteiger partial charge is 0.264 e. The Labute approximate surface area is 222 Å². The largest absolute Gasteiger partial charge is 0.497 e. The molecule has 0 saturated heterocycles. The van der Waals surface area contributed by atoms with Crippen LogP contribution < -0.4 is 14.4 Å². The van der Waals surface area contributed by atoms with Gasteiger partial charge in [0.1, 0.15) is 18.3 Å². The predicted molar refractivity (Wildman–Crippen MR) is 144 cm³/mol. The second-order valence-electron chi connectivity index (χ2n) is 8.22. The zero-order valence-electron chi connectivity index (χ0n) is 20.9. The highest BCUT2D eigenvalue weighted by Crippen LogP contribution is 2.30. The quantitative estimate of drug-likeness (QED) is 0.393. The molecule has 0 fully saturated rings. The van der Waals surface area contributed by atoms with Gasteiger partial charge < -0.3 is 15.0 Å². The highest BCUT2D eigenvalue weighted by Gasteiger charge is 2.33. The first-order valence-electron chi connectivity index (χ1n) is 11.7. The number of rotatable bonds is 11. The fourth-order valence-electron chi connectivity index (χ4n) is 3.76. The summed E-state index contributed by atoms with van der Waals surface area (Å²) in [5, 5.41) is 2.90. The molecule has 3 aromatic rings. The predicted octanol–water partition coefficient (Wildman–Crippen LogP) is 4.10. The van der Waals surface area contributed by atoms with Crippen LogP contribution in [-0.2, 0) is 26.2 Å². The van der Waals surface area contributed by atoms with Crippen LogP contribution in [0.15, 0.2) is 83.8 Å². The van der Waals surface area contributed by atoms with Gasteiger partial charge in [0.05, 0.1) is 22.7 Å². The number of hydrogen-bond acceptors (Lipinski definition) is 5. The minimum atomic E-state index is -4.16. The molecule has 2 amide bonds. The summed E-state index contributed by atoms with van der Waals surface area (Å²) >= 11 is 6.38. The number of carbonyl (C=O) groups is 2. The third-order valence-corrected chi connectivity index (χ3v) is 7.83. The third-order valence-electron chi connectivity index (χ3n) is 5.74. The van der Waals surface area contributed by atoms with E-state index in [9.17, 15) is 18.0 Å². The molecule has 3 aromatic carbocycles. The minimum absolute atomic E-state index is 0.0128. The van der Waals surface area contributed by atoms with Gasteiger partial charge >= 0.3 is 0 Å². The van der Waals surface area contributed by atoms with Crippen molar-refractivity contribution in [3.63, 3.8) is 0 Å². The first-order chi connectivity index (χ1) is 17.7. The van der Waals surface area contributed by atoms with Crippen molar-refractivity contribution in [3.8, 4) is 5.75 Å². The van der Waals surface area contributed by atoms with Gasteiger partial charge in [0.2, 0.25) is 11.8 Å². The number of nitrogens with zero attached hydrogens (tertiary/aromatic N) is 2. The Morgan fingerprint density at radius 1 is 1.00 bits per heavy atom. The summed E-state index contributed by atoms with van der Waals surface area (Å²) in [6, 6.07) is 20.5. The van der Waals surface area contributed by atoms with Crippen molar-refractivity contribution < 1.29 is 22.7 Å². The van der Waals surface area contributed by atoms with E-state index in [1.54, 1.807) is 74.5 Å². The number of hydrogen-bond donors (Lipinski definition) is 1. The Bertz CT molecular complexity index is 1330. The summed E-state index contributed by atoms with van der Waals surface area (Å²) in [6.07, 6.45) is 0. The summed E-state index contributed by atoms with van der Waals surface area (Å²) in [6.45, 7) is 3.28. The van der Waals surface area contributed by atoms with E-state index in [4.69, 9.17) is 16.3 Å². The van der Waals surface area contributed by atoms with E-state index in [1.807, 2.05) is 0 Å². The molecule has 10 heteroatoms. The highest BCUT2D eigenvalue weighted by molar-refractivity contribution is 7.92. The van der Waals surface area contributed by atoms with Crippen molar-refractivity contribution in [2.75, 3.05) is 24.5 Å². The average Bonchev–Trinajstić information content (AvgIpc) is 2.91. The van der Waals surface area contributed by atoms with Crippen LogP contribution in [0.3, 0.4) is 0 Å². The number of halogens is 1. The monoisotopic (exact) mass is 543 g/mol. The summed E-state index contributed by atoms with van der Waals surface area (Å²) in [4.78, 5) is 27.9. The first-order valence-corrected chi connectivity index (χ1v) is 13.5. The van der Waals surface area contributed by atoms with Crippen LogP contribution in [0, 0.1) is 0 Å². The van der Waals surface area contributed by atoms with Crippen LogP contribution in [0.25, 0.3) is 0 Å². The van der Waals surface area contributed by atoms with Gasteiger partial charge in [-0.25, -0.2) is 8.42 Å². The Balaban J connectivity index is 2.03. The SMILES string of the molecule is CCNC(=O)[C@@H](C)N(Cc1cccc(OC)c1)C(=O)CN(c1ccccc1Cl)S(=O)(=O)c1ccccc1. The molecule has 0 saturated carbocycles. The number of likely N-dealkylation sites (N-methyl/N-ethyl adjacent to an activating group) is 1. The molecule has 3 rings (SSSR count). The lowest BCUT2D eigenvalue weighted by atomic mass is 10.1. The number of carbonyl (C=O) groups excluding carboxylic acids is 2. The van der Waals surface area contributed by atoms with E-state index in [-0.39, 0.29) is 28.1 Å². The van der Waals surface area contributed by atoms with Gasteiger partial charge in [0.25, 0.3) is 10.0 Å². The minimum Gasteiger partial charge on any atom is -0.497 e. The lowest BCUT2D eigenvalue weighted by molar-refractivity contribution is -0.139. The Kier molecular flexibility index (Phi) is 9.54. The average molecular weight is 544 g/mol. The van der Waals surface area contributed by atoms with Crippen LogP contribution in [0.4, 0.5) is 5.69 Å². The number of sulfonamides is 1. The Morgan fingerprint density at radius 3 is 2.32 bits per heavy atom. The fourth-order valence-corrected chi connectivity index (χ4v) is 5.50. The van der Waals surface area contributed by atoms with Crippen molar-refractivity contribution in [1.29, 1.82) is 0 Å². The van der Waals surface area contributed by atoms with Gasteiger partial charge in [-0.15, -0.1) is 0 Å². The van der Waals surface area contributed by atoms with Gasteiger partial charge in [0.15, 0.2) is 0 Å². The van der Waals surface area contributed by atoms with Gasteiger partial charge in [-0.2, -0.15) is 0 Å². The molecule has 196 valence electrons. The second-order valence-corrected chi connectivity index (χ2v) is 10.5. The van der Waals surface area contributed by atoms with Crippen molar-refractivity contribution in [2.24, 2.45) is 0 Å². The molecule has 0 aromatic heterocycles. The topological polar surface area (TPSA) is 96.0 Å². The molecule has 0 spiro atoms. The van der Waals surface area contributed by atoms with Gasteiger partial charge in [0, 0.05) is 13.1 Å². The number of amides is 2. The van der Waals surface area contributed by atoms with E-state index in [2.05, 4.69) is 5.32 Å².